The molecule has 0 radical (unpaired) electrons. The number of nitro benzene ring substituents is 1. The molecule has 0 N–H and O–H groups in total. The molecule has 0 bridgehead atoms. The molecule has 0 amide bonds. The summed E-state index contributed by atoms with van der Waals surface area (Å²) < 4.78 is 93.4. The summed E-state index contributed by atoms with van der Waals surface area (Å²) >= 11 is 0. The molecule has 6 nitrogen and oxygen atoms in total. The van der Waals surface area contributed by atoms with Crippen molar-refractivity contribution in [2.24, 2.45) is 0 Å². The summed E-state index contributed by atoms with van der Waals surface area (Å²) in [6, 6.07) is 1.65. The Morgan fingerprint density at radius 1 is 0.960 bits per heavy atom. The first-order valence-corrected chi connectivity index (χ1v) is 8.18. The van der Waals surface area contributed by atoms with Crippen molar-refractivity contribution in [2.75, 3.05) is 0 Å². The second kappa shape index (κ2) is 6.44. The molecule has 13 heteroatoms. The number of hydrogen-bond acceptors (Lipinski definition) is 5. The maximum atomic E-state index is 13.5. The fourth-order valence-electron chi connectivity index (χ4n) is 1.70. The topological polar surface area (TPSA) is 86.5 Å². The highest BCUT2D eigenvalue weighted by Crippen LogP contribution is 2.36. The Hall–Kier alpha value is -2.47. The van der Waals surface area contributed by atoms with Gasteiger partial charge in [-0.15, -0.1) is 0 Å². The van der Waals surface area contributed by atoms with Gasteiger partial charge in [0.1, 0.15) is 5.75 Å². The van der Waals surface area contributed by atoms with E-state index in [4.69, 9.17) is 10.7 Å². The van der Waals surface area contributed by atoms with Gasteiger partial charge in [-0.1, -0.05) is 0 Å². The molecule has 0 aliphatic rings. The number of hydrogen-bond donors (Lipinski definition) is 0. The van der Waals surface area contributed by atoms with E-state index in [-0.39, 0.29) is 0 Å². The first-order chi connectivity index (χ1) is 11.4. The van der Waals surface area contributed by atoms with Gasteiger partial charge in [0.25, 0.3) is 14.7 Å². The first-order valence-electron chi connectivity index (χ1n) is 5.87. The Bertz CT molecular complexity index is 969. The molecule has 0 aliphatic carbocycles. The van der Waals surface area contributed by atoms with E-state index in [2.05, 4.69) is 4.74 Å². The number of benzene rings is 2. The van der Waals surface area contributed by atoms with Crippen LogP contribution in [0.5, 0.6) is 11.5 Å². The van der Waals surface area contributed by atoms with Crippen molar-refractivity contribution in [1.29, 1.82) is 0 Å². The van der Waals surface area contributed by atoms with Crippen molar-refractivity contribution in [2.45, 2.75) is 4.90 Å². The molecule has 2 rings (SSSR count). The van der Waals surface area contributed by atoms with E-state index >= 15 is 0 Å². The molecule has 0 aromatic heterocycles. The molecule has 0 atom stereocenters. The quantitative estimate of drug-likeness (QED) is 0.192. The largest absolute Gasteiger partial charge is 0.451 e. The minimum Gasteiger partial charge on any atom is -0.451 e. The van der Waals surface area contributed by atoms with Crippen molar-refractivity contribution in [3.63, 3.8) is 0 Å². The lowest BCUT2D eigenvalue weighted by atomic mass is 10.2. The minimum atomic E-state index is -4.68. The molecule has 0 aliphatic heterocycles. The smallest absolute Gasteiger partial charge is 0.289 e. The lowest BCUT2D eigenvalue weighted by Gasteiger charge is -2.10. The normalized spacial score (nSPS) is 11.4. The number of nitro groups is 1. The molecule has 0 fully saturated rings. The van der Waals surface area contributed by atoms with Gasteiger partial charge in [-0.25, -0.2) is 21.6 Å². The van der Waals surface area contributed by atoms with Crippen molar-refractivity contribution in [3.8, 4) is 11.5 Å². The van der Waals surface area contributed by atoms with Gasteiger partial charge < -0.3 is 4.74 Å². The Balaban J connectivity index is 2.62. The van der Waals surface area contributed by atoms with Gasteiger partial charge in [0.05, 0.1) is 4.92 Å². The zero-order valence-corrected chi connectivity index (χ0v) is 13.0. The molecule has 0 unspecified atom stereocenters. The lowest BCUT2D eigenvalue weighted by Crippen LogP contribution is -2.05. The van der Waals surface area contributed by atoms with Crippen LogP contribution in [-0.4, -0.2) is 13.3 Å². The van der Waals surface area contributed by atoms with Crippen LogP contribution in [0.2, 0.25) is 0 Å². The van der Waals surface area contributed by atoms with Gasteiger partial charge >= 0.3 is 0 Å². The molecule has 134 valence electrons. The summed E-state index contributed by atoms with van der Waals surface area (Å²) in [6.45, 7) is 0. The second-order valence-corrected chi connectivity index (χ2v) is 6.86. The van der Waals surface area contributed by atoms with Gasteiger partial charge in [-0.3, -0.25) is 10.1 Å². The van der Waals surface area contributed by atoms with E-state index in [0.29, 0.717) is 18.2 Å². The number of halogens is 6. The zero-order chi connectivity index (χ0) is 19.1. The van der Waals surface area contributed by atoms with Crippen molar-refractivity contribution < 1.29 is 40.0 Å². The molecular formula is C12H3ClF5NO5S. The van der Waals surface area contributed by atoms with Crippen LogP contribution in [0.15, 0.2) is 23.1 Å². The predicted molar refractivity (Wildman–Crippen MR) is 72.4 cm³/mol. The van der Waals surface area contributed by atoms with Gasteiger partial charge in [-0.05, 0) is 6.07 Å². The number of ether oxygens (including phenoxy) is 1. The Kier molecular flexibility index (Phi) is 4.86. The molecule has 0 spiro atoms. The molecular weight excluding hydrogens is 401 g/mol. The molecule has 0 saturated carbocycles. The number of nitrogens with zero attached hydrogens (tertiary/aromatic N) is 1. The highest BCUT2D eigenvalue weighted by molar-refractivity contribution is 8.13. The van der Waals surface area contributed by atoms with Crippen LogP contribution in [0.25, 0.3) is 0 Å². The number of rotatable bonds is 4. The molecule has 0 heterocycles. The molecule has 2 aromatic rings. The first kappa shape index (κ1) is 18.9. The zero-order valence-electron chi connectivity index (χ0n) is 11.4. The van der Waals surface area contributed by atoms with E-state index in [1.54, 1.807) is 0 Å². The fourth-order valence-corrected chi connectivity index (χ4v) is 2.72. The van der Waals surface area contributed by atoms with E-state index in [0.717, 1.165) is 0 Å². The third-order valence-electron chi connectivity index (χ3n) is 2.78. The van der Waals surface area contributed by atoms with Crippen LogP contribution in [0.4, 0.5) is 27.6 Å². The third kappa shape index (κ3) is 3.49. The maximum absolute atomic E-state index is 13.5. The molecule has 0 saturated heterocycles. The highest BCUT2D eigenvalue weighted by atomic mass is 35.7. The standard InChI is InChI=1S/C12H3ClF5NO5S/c13-25(22,23)6-3-4(1-2-5(6)19(20)21)24-12-10(17)8(15)7(14)9(16)11(12)18/h1-3H. The third-order valence-corrected chi connectivity index (χ3v) is 4.13. The van der Waals surface area contributed by atoms with Crippen LogP contribution in [-0.2, 0) is 9.05 Å². The summed E-state index contributed by atoms with van der Waals surface area (Å²) in [6.07, 6.45) is 0. The van der Waals surface area contributed by atoms with Crippen LogP contribution in [0.1, 0.15) is 0 Å². The van der Waals surface area contributed by atoms with Gasteiger partial charge in [0.15, 0.2) is 4.90 Å². The fraction of sp³-hybridized carbons (Fsp3) is 0. The van der Waals surface area contributed by atoms with Gasteiger partial charge in [0.2, 0.25) is 34.8 Å². The van der Waals surface area contributed by atoms with E-state index < -0.39 is 65.1 Å². The average Bonchev–Trinajstić information content (AvgIpc) is 2.54. The van der Waals surface area contributed by atoms with Crippen molar-refractivity contribution in [3.05, 3.63) is 57.4 Å². The summed E-state index contributed by atoms with van der Waals surface area (Å²) in [5.74, 6) is -14.1. The van der Waals surface area contributed by atoms with Crippen LogP contribution >= 0.6 is 10.7 Å². The highest BCUT2D eigenvalue weighted by Gasteiger charge is 2.29. The Morgan fingerprint density at radius 2 is 1.44 bits per heavy atom. The van der Waals surface area contributed by atoms with Crippen molar-refractivity contribution >= 4 is 25.4 Å². The lowest BCUT2D eigenvalue weighted by molar-refractivity contribution is -0.387. The Labute approximate surface area is 140 Å². The Morgan fingerprint density at radius 3 is 1.88 bits per heavy atom. The predicted octanol–water partition coefficient (Wildman–Crippen LogP) is 4.01. The maximum Gasteiger partial charge on any atom is 0.289 e. The van der Waals surface area contributed by atoms with Crippen molar-refractivity contribution in [1.82, 2.24) is 0 Å². The second-order valence-electron chi connectivity index (χ2n) is 4.33. The summed E-state index contributed by atoms with van der Waals surface area (Å²) in [4.78, 5) is 8.54. The summed E-state index contributed by atoms with van der Waals surface area (Å²) in [7, 11) is 0.329. The van der Waals surface area contributed by atoms with E-state index in [1.807, 2.05) is 0 Å². The van der Waals surface area contributed by atoms with E-state index in [1.165, 1.54) is 0 Å². The van der Waals surface area contributed by atoms with Crippen LogP contribution in [0.3, 0.4) is 0 Å². The van der Waals surface area contributed by atoms with Crippen LogP contribution < -0.4 is 4.74 Å². The average molecular weight is 404 g/mol. The molecule has 25 heavy (non-hydrogen) atoms. The van der Waals surface area contributed by atoms with Crippen LogP contribution in [0, 0.1) is 39.2 Å². The minimum absolute atomic E-state index is 0.401. The monoisotopic (exact) mass is 403 g/mol. The van der Waals surface area contributed by atoms with Gasteiger partial charge in [-0.2, -0.15) is 8.78 Å². The molecule has 2 aromatic carbocycles. The summed E-state index contributed by atoms with van der Waals surface area (Å²) in [5.41, 5.74) is -0.986. The van der Waals surface area contributed by atoms with E-state index in [9.17, 15) is 40.5 Å². The SMILES string of the molecule is O=[N+]([O-])c1ccc(Oc2c(F)c(F)c(F)c(F)c2F)cc1S(=O)(=O)Cl. The summed E-state index contributed by atoms with van der Waals surface area (Å²) in [5, 5.41) is 10.8. The van der Waals surface area contributed by atoms with Gasteiger partial charge in [0, 0.05) is 22.8 Å².